The maximum Gasteiger partial charge on any atom is 0.224 e. The zero-order chi connectivity index (χ0) is 12.0. The maximum atomic E-state index is 11.6. The van der Waals surface area contributed by atoms with Crippen molar-refractivity contribution in [2.45, 2.75) is 26.2 Å². The Morgan fingerprint density at radius 1 is 1.44 bits per heavy atom. The molecule has 0 heterocycles. The van der Waals surface area contributed by atoms with E-state index in [1.54, 1.807) is 0 Å². The normalized spacial score (nSPS) is 10.2. The van der Waals surface area contributed by atoms with E-state index < -0.39 is 0 Å². The molecular formula is C12H15BrClNO. The van der Waals surface area contributed by atoms with Crippen molar-refractivity contribution in [2.24, 2.45) is 0 Å². The molecule has 0 aliphatic carbocycles. The molecule has 0 saturated heterocycles. The maximum absolute atomic E-state index is 11.6. The Balaban J connectivity index is 2.49. The lowest BCUT2D eigenvalue weighted by molar-refractivity contribution is -0.116. The first-order valence-electron chi connectivity index (χ1n) is 5.25. The van der Waals surface area contributed by atoms with E-state index in [-0.39, 0.29) is 5.91 Å². The highest BCUT2D eigenvalue weighted by atomic mass is 79.9. The molecule has 0 spiro atoms. The first-order valence-corrected chi connectivity index (χ1v) is 6.58. The molecule has 0 fully saturated rings. The van der Waals surface area contributed by atoms with E-state index in [0.29, 0.717) is 12.3 Å². The molecule has 0 atom stereocenters. The molecule has 1 N–H and O–H groups in total. The Morgan fingerprint density at radius 2 is 2.19 bits per heavy atom. The fraction of sp³-hybridized carbons (Fsp3) is 0.417. The Kier molecular flexibility index (Phi) is 5.85. The topological polar surface area (TPSA) is 29.1 Å². The van der Waals surface area contributed by atoms with Crippen LogP contribution in [0.4, 0.5) is 5.69 Å². The van der Waals surface area contributed by atoms with Crippen LogP contribution in [0.3, 0.4) is 0 Å². The van der Waals surface area contributed by atoms with Gasteiger partial charge >= 0.3 is 0 Å². The third-order valence-electron chi connectivity index (χ3n) is 2.25. The van der Waals surface area contributed by atoms with Gasteiger partial charge in [-0.15, -0.1) is 11.6 Å². The van der Waals surface area contributed by atoms with Crippen molar-refractivity contribution >= 4 is 39.1 Å². The van der Waals surface area contributed by atoms with Crippen LogP contribution in [0.5, 0.6) is 0 Å². The number of carbonyl (C=O) groups excluding carboxylic acids is 1. The van der Waals surface area contributed by atoms with Crippen molar-refractivity contribution in [3.8, 4) is 0 Å². The van der Waals surface area contributed by atoms with Crippen molar-refractivity contribution in [2.75, 3.05) is 11.2 Å². The molecule has 0 saturated carbocycles. The molecule has 1 aromatic carbocycles. The van der Waals surface area contributed by atoms with Crippen molar-refractivity contribution < 1.29 is 4.79 Å². The molecule has 0 aliphatic heterocycles. The summed E-state index contributed by atoms with van der Waals surface area (Å²) in [6.45, 7) is 1.97. The molecule has 2 nitrogen and oxygen atoms in total. The largest absolute Gasteiger partial charge is 0.326 e. The van der Waals surface area contributed by atoms with Crippen LogP contribution in [0.25, 0.3) is 0 Å². The Bertz CT molecular complexity index is 368. The van der Waals surface area contributed by atoms with Crippen LogP contribution in [0.15, 0.2) is 22.7 Å². The number of rotatable bonds is 5. The van der Waals surface area contributed by atoms with Crippen LogP contribution in [0.2, 0.25) is 0 Å². The van der Waals surface area contributed by atoms with Gasteiger partial charge in [-0.2, -0.15) is 0 Å². The average molecular weight is 305 g/mol. The smallest absolute Gasteiger partial charge is 0.224 e. The molecule has 0 radical (unpaired) electrons. The number of amides is 1. The Labute approximate surface area is 110 Å². The highest BCUT2D eigenvalue weighted by Gasteiger charge is 2.04. The quantitative estimate of drug-likeness (QED) is 0.644. The summed E-state index contributed by atoms with van der Waals surface area (Å²) in [7, 11) is 0. The summed E-state index contributed by atoms with van der Waals surface area (Å²) in [5.74, 6) is 0.667. The lowest BCUT2D eigenvalue weighted by Gasteiger charge is -2.08. The van der Waals surface area contributed by atoms with E-state index in [4.69, 9.17) is 11.6 Å². The van der Waals surface area contributed by atoms with Gasteiger partial charge in [-0.25, -0.2) is 0 Å². The molecule has 1 aromatic rings. The van der Waals surface area contributed by atoms with Crippen LogP contribution in [-0.2, 0) is 4.79 Å². The van der Waals surface area contributed by atoms with Gasteiger partial charge in [-0.05, 0) is 43.5 Å². The predicted octanol–water partition coefficient (Wildman–Crippen LogP) is 4.11. The molecule has 4 heteroatoms. The summed E-state index contributed by atoms with van der Waals surface area (Å²) < 4.78 is 1.02. The molecule has 1 rings (SSSR count). The van der Waals surface area contributed by atoms with Gasteiger partial charge in [0.05, 0.1) is 0 Å². The Morgan fingerprint density at radius 3 is 2.81 bits per heavy atom. The zero-order valence-corrected chi connectivity index (χ0v) is 11.6. The van der Waals surface area contributed by atoms with Crippen molar-refractivity contribution in [3.63, 3.8) is 0 Å². The number of anilines is 1. The molecule has 0 aliphatic rings. The third-order valence-corrected chi connectivity index (χ3v) is 3.01. The van der Waals surface area contributed by atoms with Gasteiger partial charge in [-0.1, -0.05) is 15.9 Å². The van der Waals surface area contributed by atoms with Crippen LogP contribution in [-0.4, -0.2) is 11.8 Å². The highest BCUT2D eigenvalue weighted by molar-refractivity contribution is 9.10. The van der Waals surface area contributed by atoms with Crippen LogP contribution in [0.1, 0.15) is 24.8 Å². The first kappa shape index (κ1) is 13.5. The van der Waals surface area contributed by atoms with Crippen LogP contribution in [0, 0.1) is 6.92 Å². The molecule has 0 aromatic heterocycles. The van der Waals surface area contributed by atoms with E-state index in [2.05, 4.69) is 21.2 Å². The number of aryl methyl sites for hydroxylation is 1. The third kappa shape index (κ3) is 4.54. The van der Waals surface area contributed by atoms with Gasteiger partial charge in [0, 0.05) is 22.5 Å². The summed E-state index contributed by atoms with van der Waals surface area (Å²) in [6.07, 6.45) is 2.25. The number of hydrogen-bond donors (Lipinski definition) is 1. The van der Waals surface area contributed by atoms with Crippen molar-refractivity contribution in [3.05, 3.63) is 28.2 Å². The number of unbranched alkanes of at least 4 members (excludes halogenated alkanes) is 1. The molecule has 0 bridgehead atoms. The van der Waals surface area contributed by atoms with Crippen LogP contribution < -0.4 is 5.32 Å². The highest BCUT2D eigenvalue weighted by Crippen LogP contribution is 2.20. The summed E-state index contributed by atoms with van der Waals surface area (Å²) >= 11 is 8.94. The van der Waals surface area contributed by atoms with Gasteiger partial charge < -0.3 is 5.32 Å². The Hall–Kier alpha value is -0.540. The second-order valence-electron chi connectivity index (χ2n) is 3.65. The minimum absolute atomic E-state index is 0.0514. The first-order chi connectivity index (χ1) is 7.63. The SMILES string of the molecule is Cc1cc(Br)ccc1NC(=O)CCCCCl. The second kappa shape index (κ2) is 6.92. The fourth-order valence-electron chi connectivity index (χ4n) is 1.36. The van der Waals surface area contributed by atoms with Crippen LogP contribution >= 0.6 is 27.5 Å². The summed E-state index contributed by atoms with van der Waals surface area (Å²) in [6, 6.07) is 5.80. The number of benzene rings is 1. The average Bonchev–Trinajstić information content (AvgIpc) is 2.23. The monoisotopic (exact) mass is 303 g/mol. The van der Waals surface area contributed by atoms with E-state index in [1.807, 2.05) is 25.1 Å². The number of halogens is 2. The second-order valence-corrected chi connectivity index (χ2v) is 4.95. The van der Waals surface area contributed by atoms with Gasteiger partial charge in [0.1, 0.15) is 0 Å². The standard InChI is InChI=1S/C12H15BrClNO/c1-9-8-10(13)5-6-11(9)15-12(16)4-2-3-7-14/h5-6,8H,2-4,7H2,1H3,(H,15,16). The summed E-state index contributed by atoms with van der Waals surface area (Å²) in [4.78, 5) is 11.6. The minimum Gasteiger partial charge on any atom is -0.326 e. The number of carbonyl (C=O) groups is 1. The lowest BCUT2D eigenvalue weighted by atomic mass is 10.2. The summed E-state index contributed by atoms with van der Waals surface area (Å²) in [5, 5.41) is 2.89. The van der Waals surface area contributed by atoms with Crippen molar-refractivity contribution in [1.82, 2.24) is 0 Å². The van der Waals surface area contributed by atoms with Gasteiger partial charge in [0.25, 0.3) is 0 Å². The molecule has 88 valence electrons. The minimum atomic E-state index is 0.0514. The lowest BCUT2D eigenvalue weighted by Crippen LogP contribution is -2.12. The van der Waals surface area contributed by atoms with E-state index in [9.17, 15) is 4.79 Å². The van der Waals surface area contributed by atoms with E-state index in [0.717, 1.165) is 28.6 Å². The fourth-order valence-corrected chi connectivity index (χ4v) is 2.02. The van der Waals surface area contributed by atoms with Gasteiger partial charge in [-0.3, -0.25) is 4.79 Å². The van der Waals surface area contributed by atoms with Gasteiger partial charge in [0.2, 0.25) is 5.91 Å². The predicted molar refractivity (Wildman–Crippen MR) is 72.1 cm³/mol. The van der Waals surface area contributed by atoms with Crippen molar-refractivity contribution in [1.29, 1.82) is 0 Å². The molecule has 16 heavy (non-hydrogen) atoms. The number of alkyl halides is 1. The van der Waals surface area contributed by atoms with E-state index in [1.165, 1.54) is 0 Å². The van der Waals surface area contributed by atoms with E-state index >= 15 is 0 Å². The molecular weight excluding hydrogens is 289 g/mol. The summed E-state index contributed by atoms with van der Waals surface area (Å²) in [5.41, 5.74) is 1.93. The molecule has 1 amide bonds. The zero-order valence-electron chi connectivity index (χ0n) is 9.22. The van der Waals surface area contributed by atoms with Gasteiger partial charge in [0.15, 0.2) is 0 Å². The molecule has 0 unspecified atom stereocenters. The number of hydrogen-bond acceptors (Lipinski definition) is 1. The number of nitrogens with one attached hydrogen (secondary N) is 1.